The second-order valence-electron chi connectivity index (χ2n) is 5.20. The monoisotopic (exact) mass is 214 g/mol. The minimum Gasteiger partial charge on any atom is -0.381 e. The fourth-order valence-corrected chi connectivity index (χ4v) is 2.17. The van der Waals surface area contributed by atoms with Gasteiger partial charge in [0.1, 0.15) is 0 Å². The zero-order chi connectivity index (χ0) is 11.3. The Morgan fingerprint density at radius 3 is 2.87 bits per heavy atom. The highest BCUT2D eigenvalue weighted by atomic mass is 16.5. The second kappa shape index (κ2) is 5.83. The van der Waals surface area contributed by atoms with Crippen LogP contribution in [0, 0.1) is 5.92 Å². The largest absolute Gasteiger partial charge is 0.381 e. The molecule has 3 N–H and O–H groups in total. The van der Waals surface area contributed by atoms with Gasteiger partial charge in [-0.15, -0.1) is 0 Å². The van der Waals surface area contributed by atoms with E-state index in [1.165, 1.54) is 6.42 Å². The molecule has 0 bridgehead atoms. The summed E-state index contributed by atoms with van der Waals surface area (Å²) in [6.07, 6.45) is 3.41. The quantitative estimate of drug-likeness (QED) is 0.705. The molecule has 3 unspecified atom stereocenters. The SMILES string of the molecule is CCCC(C)(N)CNC(C)C1CCOC1. The molecule has 1 saturated heterocycles. The Kier molecular flexibility index (Phi) is 5.03. The first-order valence-electron chi connectivity index (χ1n) is 6.15. The molecule has 1 aliphatic rings. The van der Waals surface area contributed by atoms with E-state index in [0.717, 1.165) is 32.6 Å². The van der Waals surface area contributed by atoms with Gasteiger partial charge in [-0.2, -0.15) is 0 Å². The summed E-state index contributed by atoms with van der Waals surface area (Å²) in [4.78, 5) is 0. The second-order valence-corrected chi connectivity index (χ2v) is 5.20. The molecule has 0 amide bonds. The van der Waals surface area contributed by atoms with Crippen LogP contribution in [0.5, 0.6) is 0 Å². The third-order valence-electron chi connectivity index (χ3n) is 3.32. The van der Waals surface area contributed by atoms with Gasteiger partial charge in [-0.1, -0.05) is 13.3 Å². The van der Waals surface area contributed by atoms with Crippen molar-refractivity contribution in [1.82, 2.24) is 5.32 Å². The van der Waals surface area contributed by atoms with Crippen LogP contribution < -0.4 is 11.1 Å². The van der Waals surface area contributed by atoms with Crippen molar-refractivity contribution in [1.29, 1.82) is 0 Å². The molecule has 3 heteroatoms. The van der Waals surface area contributed by atoms with Crippen LogP contribution in [0.3, 0.4) is 0 Å². The minimum atomic E-state index is -0.0670. The van der Waals surface area contributed by atoms with E-state index in [2.05, 4.69) is 26.1 Å². The fourth-order valence-electron chi connectivity index (χ4n) is 2.17. The summed E-state index contributed by atoms with van der Waals surface area (Å²) in [7, 11) is 0. The number of hydrogen-bond donors (Lipinski definition) is 2. The van der Waals surface area contributed by atoms with Crippen LogP contribution in [-0.2, 0) is 4.74 Å². The molecule has 0 aromatic rings. The van der Waals surface area contributed by atoms with Crippen molar-refractivity contribution in [2.45, 2.75) is 51.6 Å². The van der Waals surface area contributed by atoms with Crippen LogP contribution >= 0.6 is 0 Å². The first-order valence-corrected chi connectivity index (χ1v) is 6.15. The van der Waals surface area contributed by atoms with Gasteiger partial charge in [-0.3, -0.25) is 0 Å². The van der Waals surface area contributed by atoms with Crippen LogP contribution in [0.4, 0.5) is 0 Å². The third-order valence-corrected chi connectivity index (χ3v) is 3.32. The molecule has 15 heavy (non-hydrogen) atoms. The molecule has 1 aliphatic heterocycles. The van der Waals surface area contributed by atoms with Crippen molar-refractivity contribution in [2.75, 3.05) is 19.8 Å². The standard InChI is InChI=1S/C12H26N2O/c1-4-6-12(3,13)9-14-10(2)11-5-7-15-8-11/h10-11,14H,4-9,13H2,1-3H3. The lowest BCUT2D eigenvalue weighted by molar-refractivity contribution is 0.177. The lowest BCUT2D eigenvalue weighted by Gasteiger charge is -2.28. The van der Waals surface area contributed by atoms with Crippen LogP contribution in [0.1, 0.15) is 40.0 Å². The first-order chi connectivity index (χ1) is 7.05. The highest BCUT2D eigenvalue weighted by Gasteiger charge is 2.24. The van der Waals surface area contributed by atoms with Crippen molar-refractivity contribution in [3.63, 3.8) is 0 Å². The number of hydrogen-bond acceptors (Lipinski definition) is 3. The highest BCUT2D eigenvalue weighted by Crippen LogP contribution is 2.17. The van der Waals surface area contributed by atoms with E-state index < -0.39 is 0 Å². The minimum absolute atomic E-state index is 0.0670. The summed E-state index contributed by atoms with van der Waals surface area (Å²) in [5.74, 6) is 0.669. The molecule has 0 aromatic heterocycles. The van der Waals surface area contributed by atoms with Crippen molar-refractivity contribution in [2.24, 2.45) is 11.7 Å². The van der Waals surface area contributed by atoms with E-state index in [-0.39, 0.29) is 5.54 Å². The van der Waals surface area contributed by atoms with Crippen LogP contribution in [0.25, 0.3) is 0 Å². The van der Waals surface area contributed by atoms with Gasteiger partial charge in [0.25, 0.3) is 0 Å². The van der Waals surface area contributed by atoms with Crippen molar-refractivity contribution < 1.29 is 4.74 Å². The van der Waals surface area contributed by atoms with Gasteiger partial charge in [0.2, 0.25) is 0 Å². The number of nitrogens with one attached hydrogen (secondary N) is 1. The summed E-state index contributed by atoms with van der Waals surface area (Å²) in [5.41, 5.74) is 6.11. The summed E-state index contributed by atoms with van der Waals surface area (Å²) < 4.78 is 5.39. The van der Waals surface area contributed by atoms with Gasteiger partial charge in [0, 0.05) is 24.7 Å². The molecule has 1 fully saturated rings. The van der Waals surface area contributed by atoms with E-state index >= 15 is 0 Å². The molecule has 0 spiro atoms. The normalized spacial score (nSPS) is 27.6. The Hall–Kier alpha value is -0.120. The zero-order valence-corrected chi connectivity index (χ0v) is 10.4. The first kappa shape index (κ1) is 12.9. The summed E-state index contributed by atoms with van der Waals surface area (Å²) in [6.45, 7) is 9.27. The van der Waals surface area contributed by atoms with E-state index in [1.807, 2.05) is 0 Å². The number of rotatable bonds is 6. The van der Waals surface area contributed by atoms with E-state index in [1.54, 1.807) is 0 Å². The Balaban J connectivity index is 2.23. The van der Waals surface area contributed by atoms with Crippen molar-refractivity contribution in [3.8, 4) is 0 Å². The van der Waals surface area contributed by atoms with Gasteiger partial charge in [0.05, 0.1) is 6.61 Å². The molecule has 3 atom stereocenters. The third kappa shape index (κ3) is 4.49. The van der Waals surface area contributed by atoms with Gasteiger partial charge in [0.15, 0.2) is 0 Å². The van der Waals surface area contributed by atoms with Crippen molar-refractivity contribution in [3.05, 3.63) is 0 Å². The average Bonchev–Trinajstić information content (AvgIpc) is 2.67. The van der Waals surface area contributed by atoms with Gasteiger partial charge in [-0.25, -0.2) is 0 Å². The highest BCUT2D eigenvalue weighted by molar-refractivity contribution is 4.84. The van der Waals surface area contributed by atoms with E-state index in [9.17, 15) is 0 Å². The number of ether oxygens (including phenoxy) is 1. The molecular weight excluding hydrogens is 188 g/mol. The molecule has 1 rings (SSSR count). The molecule has 3 nitrogen and oxygen atoms in total. The molecule has 0 aliphatic carbocycles. The Bertz CT molecular complexity index is 176. The topological polar surface area (TPSA) is 47.3 Å². The summed E-state index contributed by atoms with van der Waals surface area (Å²) >= 11 is 0. The molecule has 90 valence electrons. The average molecular weight is 214 g/mol. The zero-order valence-electron chi connectivity index (χ0n) is 10.4. The Morgan fingerprint density at radius 2 is 2.33 bits per heavy atom. The lowest BCUT2D eigenvalue weighted by Crippen LogP contribution is -2.49. The fraction of sp³-hybridized carbons (Fsp3) is 1.00. The molecule has 0 radical (unpaired) electrons. The van der Waals surface area contributed by atoms with Crippen LogP contribution in [0.15, 0.2) is 0 Å². The Labute approximate surface area is 93.8 Å². The molecule has 0 aromatic carbocycles. The van der Waals surface area contributed by atoms with Gasteiger partial charge < -0.3 is 15.8 Å². The lowest BCUT2D eigenvalue weighted by atomic mass is 9.95. The van der Waals surface area contributed by atoms with E-state index in [4.69, 9.17) is 10.5 Å². The smallest absolute Gasteiger partial charge is 0.0509 e. The van der Waals surface area contributed by atoms with Gasteiger partial charge >= 0.3 is 0 Å². The molecular formula is C12H26N2O. The maximum Gasteiger partial charge on any atom is 0.0509 e. The predicted octanol–water partition coefficient (Wildman–Crippen LogP) is 1.52. The predicted molar refractivity (Wildman–Crippen MR) is 63.9 cm³/mol. The maximum absolute atomic E-state index is 6.18. The van der Waals surface area contributed by atoms with Crippen LogP contribution in [-0.4, -0.2) is 31.3 Å². The summed E-state index contributed by atoms with van der Waals surface area (Å²) in [6, 6.07) is 0.521. The van der Waals surface area contributed by atoms with Crippen LogP contribution in [0.2, 0.25) is 0 Å². The molecule has 1 heterocycles. The summed E-state index contributed by atoms with van der Waals surface area (Å²) in [5, 5.41) is 3.54. The Morgan fingerprint density at radius 1 is 1.60 bits per heavy atom. The van der Waals surface area contributed by atoms with E-state index in [0.29, 0.717) is 12.0 Å². The molecule has 0 saturated carbocycles. The number of nitrogens with two attached hydrogens (primary N) is 1. The van der Waals surface area contributed by atoms with Gasteiger partial charge in [-0.05, 0) is 32.6 Å². The maximum atomic E-state index is 6.18. The van der Waals surface area contributed by atoms with Crippen molar-refractivity contribution >= 4 is 0 Å².